The SMILES string of the molecule is Fc1c2c(cc3ccccc13)Cc1ccccc1C2. The van der Waals surface area contributed by atoms with Crippen LogP contribution in [0.4, 0.5) is 4.39 Å². The van der Waals surface area contributed by atoms with Crippen molar-refractivity contribution in [3.63, 3.8) is 0 Å². The van der Waals surface area contributed by atoms with Crippen LogP contribution in [-0.4, -0.2) is 0 Å². The van der Waals surface area contributed by atoms with Crippen LogP contribution in [0.2, 0.25) is 0 Å². The van der Waals surface area contributed by atoms with E-state index in [1.54, 1.807) is 0 Å². The van der Waals surface area contributed by atoms with Gasteiger partial charge < -0.3 is 0 Å². The largest absolute Gasteiger partial charge is 0.206 e. The van der Waals surface area contributed by atoms with Crippen LogP contribution in [-0.2, 0) is 12.8 Å². The minimum absolute atomic E-state index is 0.0393. The highest BCUT2D eigenvalue weighted by molar-refractivity contribution is 5.85. The zero-order valence-electron chi connectivity index (χ0n) is 10.5. The molecular weight excluding hydrogens is 235 g/mol. The van der Waals surface area contributed by atoms with Crippen molar-refractivity contribution in [1.29, 1.82) is 0 Å². The third kappa shape index (κ3) is 1.58. The lowest BCUT2D eigenvalue weighted by atomic mass is 9.84. The summed E-state index contributed by atoms with van der Waals surface area (Å²) in [6.07, 6.45) is 1.55. The van der Waals surface area contributed by atoms with Crippen molar-refractivity contribution in [2.75, 3.05) is 0 Å². The van der Waals surface area contributed by atoms with E-state index in [4.69, 9.17) is 0 Å². The summed E-state index contributed by atoms with van der Waals surface area (Å²) >= 11 is 0. The van der Waals surface area contributed by atoms with Gasteiger partial charge in [0.25, 0.3) is 0 Å². The Labute approximate surface area is 111 Å². The van der Waals surface area contributed by atoms with E-state index in [2.05, 4.69) is 24.3 Å². The van der Waals surface area contributed by atoms with E-state index >= 15 is 0 Å². The molecule has 0 aliphatic heterocycles. The van der Waals surface area contributed by atoms with Gasteiger partial charge in [-0.05, 0) is 34.1 Å². The first-order valence-corrected chi connectivity index (χ1v) is 6.59. The summed E-state index contributed by atoms with van der Waals surface area (Å²) < 4.78 is 14.6. The van der Waals surface area contributed by atoms with Gasteiger partial charge in [0.2, 0.25) is 0 Å². The van der Waals surface area contributed by atoms with Crippen LogP contribution in [0.5, 0.6) is 0 Å². The molecule has 0 fully saturated rings. The third-order valence-electron chi connectivity index (χ3n) is 4.05. The molecule has 0 atom stereocenters. The van der Waals surface area contributed by atoms with Gasteiger partial charge >= 0.3 is 0 Å². The van der Waals surface area contributed by atoms with Crippen molar-refractivity contribution in [2.45, 2.75) is 12.8 Å². The van der Waals surface area contributed by atoms with Crippen LogP contribution in [0.15, 0.2) is 54.6 Å². The number of benzene rings is 3. The van der Waals surface area contributed by atoms with Crippen LogP contribution in [0.25, 0.3) is 10.8 Å². The molecule has 0 saturated heterocycles. The molecule has 0 unspecified atom stereocenters. The minimum atomic E-state index is -0.0393. The van der Waals surface area contributed by atoms with Crippen molar-refractivity contribution in [3.05, 3.63) is 82.7 Å². The van der Waals surface area contributed by atoms with Crippen LogP contribution < -0.4 is 0 Å². The zero-order valence-corrected chi connectivity index (χ0v) is 10.5. The number of halogens is 1. The molecule has 1 aliphatic carbocycles. The summed E-state index contributed by atoms with van der Waals surface area (Å²) in [6.45, 7) is 0. The molecule has 3 aromatic carbocycles. The normalized spacial score (nSPS) is 13.1. The summed E-state index contributed by atoms with van der Waals surface area (Å²) in [5.41, 5.74) is 4.58. The molecule has 19 heavy (non-hydrogen) atoms. The van der Waals surface area contributed by atoms with Crippen molar-refractivity contribution in [2.24, 2.45) is 0 Å². The first kappa shape index (κ1) is 10.7. The van der Waals surface area contributed by atoms with Gasteiger partial charge in [-0.15, -0.1) is 0 Å². The van der Waals surface area contributed by atoms with E-state index in [0.29, 0.717) is 6.42 Å². The second kappa shape index (κ2) is 3.92. The molecule has 0 amide bonds. The van der Waals surface area contributed by atoms with Crippen LogP contribution in [0, 0.1) is 5.82 Å². The third-order valence-corrected chi connectivity index (χ3v) is 4.05. The van der Waals surface area contributed by atoms with Gasteiger partial charge in [0.15, 0.2) is 0 Å². The predicted molar refractivity (Wildman–Crippen MR) is 76.0 cm³/mol. The number of rotatable bonds is 0. The Morgan fingerprint density at radius 2 is 1.42 bits per heavy atom. The van der Waals surface area contributed by atoms with Gasteiger partial charge in [-0.1, -0.05) is 54.6 Å². The molecule has 0 N–H and O–H groups in total. The van der Waals surface area contributed by atoms with Crippen LogP contribution in [0.3, 0.4) is 0 Å². The van der Waals surface area contributed by atoms with Gasteiger partial charge in [0, 0.05) is 11.8 Å². The highest BCUT2D eigenvalue weighted by Crippen LogP contribution is 2.32. The van der Waals surface area contributed by atoms with Crippen molar-refractivity contribution in [3.8, 4) is 0 Å². The molecule has 0 saturated carbocycles. The Morgan fingerprint density at radius 1 is 0.737 bits per heavy atom. The molecule has 0 heterocycles. The fourth-order valence-electron chi connectivity index (χ4n) is 3.05. The fraction of sp³-hybridized carbons (Fsp3) is 0.111. The molecule has 0 nitrogen and oxygen atoms in total. The summed E-state index contributed by atoms with van der Waals surface area (Å²) in [4.78, 5) is 0. The number of hydrogen-bond acceptors (Lipinski definition) is 0. The second-order valence-electron chi connectivity index (χ2n) is 5.17. The molecule has 3 aromatic rings. The predicted octanol–water partition coefficient (Wildman–Crippen LogP) is 4.47. The number of fused-ring (bicyclic) bond motifs is 3. The molecule has 0 spiro atoms. The smallest absolute Gasteiger partial charge is 0.134 e. The van der Waals surface area contributed by atoms with Gasteiger partial charge in [-0.2, -0.15) is 0 Å². The minimum Gasteiger partial charge on any atom is -0.206 e. The maximum absolute atomic E-state index is 14.6. The van der Waals surface area contributed by atoms with Crippen molar-refractivity contribution < 1.29 is 4.39 Å². The van der Waals surface area contributed by atoms with E-state index in [9.17, 15) is 4.39 Å². The first-order valence-electron chi connectivity index (χ1n) is 6.59. The van der Waals surface area contributed by atoms with Gasteiger partial charge in [0.1, 0.15) is 5.82 Å². The first-order chi connectivity index (χ1) is 9.33. The summed E-state index contributed by atoms with van der Waals surface area (Å²) in [5, 5.41) is 1.73. The maximum Gasteiger partial charge on any atom is 0.134 e. The molecular formula is C18H13F. The molecule has 0 aromatic heterocycles. The Balaban J connectivity index is 1.98. The average molecular weight is 248 g/mol. The lowest BCUT2D eigenvalue weighted by Gasteiger charge is -2.21. The van der Waals surface area contributed by atoms with Crippen molar-refractivity contribution in [1.82, 2.24) is 0 Å². The molecule has 0 radical (unpaired) electrons. The summed E-state index contributed by atoms with van der Waals surface area (Å²) in [6, 6.07) is 18.2. The van der Waals surface area contributed by atoms with E-state index in [1.807, 2.05) is 30.3 Å². The molecule has 0 bridgehead atoms. The second-order valence-corrected chi connectivity index (χ2v) is 5.17. The van der Waals surface area contributed by atoms with E-state index < -0.39 is 0 Å². The molecule has 4 rings (SSSR count). The Hall–Kier alpha value is -2.15. The zero-order chi connectivity index (χ0) is 12.8. The monoisotopic (exact) mass is 248 g/mol. The summed E-state index contributed by atoms with van der Waals surface area (Å²) in [5.74, 6) is -0.0393. The Morgan fingerprint density at radius 3 is 2.26 bits per heavy atom. The Kier molecular flexibility index (Phi) is 2.22. The topological polar surface area (TPSA) is 0 Å². The quantitative estimate of drug-likeness (QED) is 0.430. The highest BCUT2D eigenvalue weighted by Gasteiger charge is 2.19. The van der Waals surface area contributed by atoms with Gasteiger partial charge in [-0.25, -0.2) is 4.39 Å². The molecule has 92 valence electrons. The van der Waals surface area contributed by atoms with E-state index in [-0.39, 0.29) is 5.82 Å². The van der Waals surface area contributed by atoms with Crippen molar-refractivity contribution >= 4 is 10.8 Å². The lowest BCUT2D eigenvalue weighted by molar-refractivity contribution is 0.621. The number of hydrogen-bond donors (Lipinski definition) is 0. The van der Waals surface area contributed by atoms with Crippen LogP contribution >= 0.6 is 0 Å². The van der Waals surface area contributed by atoms with Gasteiger partial charge in [0.05, 0.1) is 0 Å². The molecule has 1 heteroatoms. The average Bonchev–Trinajstić information content (AvgIpc) is 2.46. The highest BCUT2D eigenvalue weighted by atomic mass is 19.1. The van der Waals surface area contributed by atoms with E-state index in [1.165, 1.54) is 11.1 Å². The maximum atomic E-state index is 14.6. The van der Waals surface area contributed by atoms with Crippen LogP contribution in [0.1, 0.15) is 22.3 Å². The Bertz CT molecular complexity index is 787. The standard InChI is InChI=1S/C18H13F/c19-18-16-8-4-3-7-14(16)10-15-9-12-5-1-2-6-13(12)11-17(15)18/h1-8,10H,9,11H2. The lowest BCUT2D eigenvalue weighted by Crippen LogP contribution is -2.09. The van der Waals surface area contributed by atoms with Gasteiger partial charge in [-0.3, -0.25) is 0 Å². The summed E-state index contributed by atoms with van der Waals surface area (Å²) in [7, 11) is 0. The molecule has 1 aliphatic rings. The fourth-order valence-corrected chi connectivity index (χ4v) is 3.05. The van der Waals surface area contributed by atoms with E-state index in [0.717, 1.165) is 28.3 Å².